The molecule has 326 valence electrons. The highest BCUT2D eigenvalue weighted by atomic mass is 19.3. The van der Waals surface area contributed by atoms with Gasteiger partial charge in [-0.05, 0) is 75.1 Å². The summed E-state index contributed by atoms with van der Waals surface area (Å²) in [6, 6.07) is 10.8. The number of alkyl halides is 2. The number of aliphatic hydroxyl groups is 1. The fourth-order valence-electron chi connectivity index (χ4n) is 11.8. The van der Waals surface area contributed by atoms with Crippen LogP contribution in [0.15, 0.2) is 48.8 Å². The van der Waals surface area contributed by atoms with Gasteiger partial charge in [0.2, 0.25) is 17.8 Å². The molecule has 3 N–H and O–H groups in total. The molecule has 1 saturated carbocycles. The van der Waals surface area contributed by atoms with Gasteiger partial charge in [-0.3, -0.25) is 29.5 Å². The number of H-pyrrole nitrogens is 1. The Labute approximate surface area is 358 Å². The van der Waals surface area contributed by atoms with Crippen LogP contribution in [0.3, 0.4) is 0 Å². The summed E-state index contributed by atoms with van der Waals surface area (Å²) in [6.45, 7) is 6.70. The van der Waals surface area contributed by atoms with Gasteiger partial charge in [0.1, 0.15) is 25.0 Å². The number of anilines is 2. The summed E-state index contributed by atoms with van der Waals surface area (Å²) >= 11 is 0. The van der Waals surface area contributed by atoms with Gasteiger partial charge in [0, 0.05) is 103 Å². The second-order valence-electron chi connectivity index (χ2n) is 19.1. The molecule has 0 radical (unpaired) electrons. The minimum absolute atomic E-state index is 0.185. The van der Waals surface area contributed by atoms with Crippen LogP contribution < -0.4 is 19.9 Å². The highest BCUT2D eigenvalue weighted by Gasteiger charge is 2.48. The lowest BCUT2D eigenvalue weighted by molar-refractivity contribution is -0.136. The maximum Gasteiger partial charge on any atom is 0.283 e. The van der Waals surface area contributed by atoms with Crippen LogP contribution in [0.2, 0.25) is 0 Å². The first-order chi connectivity index (χ1) is 30.0. The molecule has 7 aliphatic rings. The fourth-order valence-corrected chi connectivity index (χ4v) is 11.8. The maximum absolute atomic E-state index is 14.8. The number of para-hydroxylation sites is 1. The Hall–Kier alpha value is -5.19. The van der Waals surface area contributed by atoms with Gasteiger partial charge in [-0.1, -0.05) is 18.2 Å². The fraction of sp³-hybridized carbons (Fsp3) is 0.543. The van der Waals surface area contributed by atoms with Crippen LogP contribution >= 0.6 is 0 Å². The van der Waals surface area contributed by atoms with Gasteiger partial charge in [-0.25, -0.2) is 18.7 Å². The van der Waals surface area contributed by atoms with Crippen LogP contribution in [0.25, 0.3) is 10.9 Å². The summed E-state index contributed by atoms with van der Waals surface area (Å²) in [7, 11) is 0. The number of ether oxygens (including phenoxy) is 1. The Balaban J connectivity index is 0.696. The molecule has 3 saturated heterocycles. The number of amides is 3. The van der Waals surface area contributed by atoms with E-state index in [0.717, 1.165) is 84.0 Å². The third-order valence-corrected chi connectivity index (χ3v) is 15.1. The molecule has 16 heteroatoms. The summed E-state index contributed by atoms with van der Waals surface area (Å²) in [6.07, 6.45) is 9.48. The van der Waals surface area contributed by atoms with Gasteiger partial charge in [0.25, 0.3) is 11.8 Å². The van der Waals surface area contributed by atoms with Crippen molar-refractivity contribution in [3.8, 4) is 5.75 Å². The van der Waals surface area contributed by atoms with Crippen molar-refractivity contribution >= 4 is 40.3 Å². The van der Waals surface area contributed by atoms with E-state index in [9.17, 15) is 28.3 Å². The van der Waals surface area contributed by atoms with Crippen molar-refractivity contribution in [3.63, 3.8) is 0 Å². The van der Waals surface area contributed by atoms with E-state index in [1.807, 2.05) is 37.3 Å². The van der Waals surface area contributed by atoms with Crippen molar-refractivity contribution in [2.75, 3.05) is 68.8 Å². The summed E-state index contributed by atoms with van der Waals surface area (Å²) in [4.78, 5) is 61.5. The molecule has 2 aromatic carbocycles. The van der Waals surface area contributed by atoms with Crippen molar-refractivity contribution in [1.82, 2.24) is 35.0 Å². The summed E-state index contributed by atoms with van der Waals surface area (Å²) in [5.74, 6) is -2.08. The lowest BCUT2D eigenvalue weighted by Crippen LogP contribution is -2.59. The average molecular weight is 850 g/mol. The van der Waals surface area contributed by atoms with Crippen molar-refractivity contribution in [1.29, 1.82) is 0 Å². The molecule has 3 amide bonds. The van der Waals surface area contributed by atoms with E-state index in [4.69, 9.17) is 14.7 Å². The van der Waals surface area contributed by atoms with Gasteiger partial charge >= 0.3 is 0 Å². The number of nitrogens with one attached hydrogen (secondary N) is 2. The highest BCUT2D eigenvalue weighted by molar-refractivity contribution is 6.06. The Morgan fingerprint density at radius 1 is 0.984 bits per heavy atom. The van der Waals surface area contributed by atoms with Crippen molar-refractivity contribution in [2.24, 2.45) is 11.3 Å². The van der Waals surface area contributed by atoms with E-state index in [-0.39, 0.29) is 35.7 Å². The molecule has 4 aromatic rings. The van der Waals surface area contributed by atoms with Gasteiger partial charge in [-0.2, -0.15) is 0 Å². The second kappa shape index (κ2) is 15.0. The SMILES string of the molecule is C[C@@H]1Cc2c([nH]c3ccccc23)[C@@H](c2cnc(N3CC4(CCC(CN5CCN6c7ccc8c(c7OC[C@H]6C5)CN(C5CCC(=O)NC5=O)C8=O)CC4)C3)nc2)N1CC(F)(F)CO. The number of imide groups is 1. The normalized spacial score (nSPS) is 26.5. The minimum atomic E-state index is -3.24. The van der Waals surface area contributed by atoms with Crippen molar-refractivity contribution in [2.45, 2.75) is 88.5 Å². The number of hydrogen-bond acceptors (Lipinski definition) is 11. The third kappa shape index (κ3) is 6.71. The van der Waals surface area contributed by atoms with E-state index in [2.05, 4.69) is 31.1 Å². The highest BCUT2D eigenvalue weighted by Crippen LogP contribution is 2.48. The predicted octanol–water partition coefficient (Wildman–Crippen LogP) is 4.26. The molecule has 14 nitrogen and oxygen atoms in total. The number of piperazine rings is 1. The Morgan fingerprint density at radius 2 is 1.77 bits per heavy atom. The molecule has 8 heterocycles. The van der Waals surface area contributed by atoms with Crippen LogP contribution in [0, 0.1) is 11.3 Å². The number of carbonyl (C=O) groups is 3. The van der Waals surface area contributed by atoms with E-state index >= 15 is 0 Å². The van der Waals surface area contributed by atoms with Gasteiger partial charge in [-0.15, -0.1) is 0 Å². The first-order valence-corrected chi connectivity index (χ1v) is 22.3. The van der Waals surface area contributed by atoms with Crippen molar-refractivity contribution < 1.29 is 33.0 Å². The second-order valence-corrected chi connectivity index (χ2v) is 19.1. The molecule has 1 aliphatic carbocycles. The predicted molar refractivity (Wildman–Crippen MR) is 226 cm³/mol. The first kappa shape index (κ1) is 39.6. The zero-order valence-corrected chi connectivity index (χ0v) is 35.0. The summed E-state index contributed by atoms with van der Waals surface area (Å²) < 4.78 is 36.0. The smallest absolute Gasteiger partial charge is 0.283 e. The van der Waals surface area contributed by atoms with E-state index in [1.165, 1.54) is 25.7 Å². The van der Waals surface area contributed by atoms with Gasteiger partial charge in [0.05, 0.1) is 30.9 Å². The lowest BCUT2D eigenvalue weighted by atomic mass is 9.66. The molecule has 2 aromatic heterocycles. The number of aromatic amines is 1. The van der Waals surface area contributed by atoms with Gasteiger partial charge in [0.15, 0.2) is 0 Å². The molecule has 4 atom stereocenters. The maximum atomic E-state index is 14.8. The number of fused-ring (bicyclic) bond motifs is 8. The van der Waals surface area contributed by atoms with Crippen LogP contribution in [0.1, 0.15) is 84.2 Å². The number of nitrogens with zero attached hydrogens (tertiary/aromatic N) is 7. The molecule has 1 unspecified atom stereocenters. The van der Waals surface area contributed by atoms with Crippen LogP contribution in [-0.4, -0.2) is 136 Å². The molecule has 4 fully saturated rings. The molecule has 62 heavy (non-hydrogen) atoms. The minimum Gasteiger partial charge on any atom is -0.489 e. The molecule has 6 aliphatic heterocycles. The monoisotopic (exact) mass is 849 g/mol. The number of aliphatic hydroxyl groups excluding tert-OH is 1. The zero-order valence-electron chi connectivity index (χ0n) is 35.0. The number of carbonyl (C=O) groups excluding carboxylic acids is 3. The molecular weight excluding hydrogens is 797 g/mol. The Bertz CT molecular complexity index is 2430. The lowest BCUT2D eigenvalue weighted by Gasteiger charge is -2.54. The standard InChI is InChI=1S/C46H53F2N9O5/c1-27-16-33-31-4-2-3-5-35(31)51-39(33)40(57(27)25-46(47,48)26-58)29-17-49-44(50-18-29)54-23-45(24-54)12-10-28(11-13-45)19-53-14-15-55-30(20-53)22-62-41-34-21-56(37-8-9-38(59)52-42(37)60)43(61)32(34)6-7-36(41)55/h2-7,17-18,27-28,30,37,40,51,58H,8-16,19-26H2,1H3,(H,52,59,60)/t27-,30-,37?,40-/m1/s1. The Kier molecular flexibility index (Phi) is 9.58. The largest absolute Gasteiger partial charge is 0.489 e. The first-order valence-electron chi connectivity index (χ1n) is 22.3. The average Bonchev–Trinajstić information content (AvgIpc) is 3.80. The quantitative estimate of drug-likeness (QED) is 0.219. The van der Waals surface area contributed by atoms with E-state index in [0.29, 0.717) is 43.4 Å². The molecule has 0 bridgehead atoms. The summed E-state index contributed by atoms with van der Waals surface area (Å²) in [5, 5.41) is 13.0. The van der Waals surface area contributed by atoms with Crippen LogP contribution in [0.4, 0.5) is 20.4 Å². The van der Waals surface area contributed by atoms with Crippen LogP contribution in [-0.2, 0) is 22.6 Å². The number of hydrogen-bond donors (Lipinski definition) is 3. The zero-order chi connectivity index (χ0) is 42.5. The number of piperidine rings is 1. The number of benzene rings is 2. The molecule has 11 rings (SSSR count). The molecule has 1 spiro atoms. The van der Waals surface area contributed by atoms with E-state index in [1.54, 1.807) is 22.2 Å². The third-order valence-electron chi connectivity index (χ3n) is 15.1. The number of aromatic nitrogens is 3. The molecular formula is C46H53F2N9O5. The van der Waals surface area contributed by atoms with E-state index < -0.39 is 37.1 Å². The number of halogens is 2. The number of rotatable bonds is 8. The van der Waals surface area contributed by atoms with Crippen LogP contribution in [0.5, 0.6) is 5.75 Å². The van der Waals surface area contributed by atoms with Crippen molar-refractivity contribution in [3.05, 3.63) is 76.7 Å². The topological polar surface area (TPSA) is 150 Å². The Morgan fingerprint density at radius 3 is 2.55 bits per heavy atom. The van der Waals surface area contributed by atoms with Gasteiger partial charge < -0.3 is 29.5 Å². The summed E-state index contributed by atoms with van der Waals surface area (Å²) in [5.41, 5.74) is 6.43.